The molecule has 1 aliphatic rings. The molecule has 0 aromatic heterocycles. The number of carbonyl (C=O) groups is 1. The van der Waals surface area contributed by atoms with Gasteiger partial charge >= 0.3 is 5.97 Å². The standard InChI is InChI=1S/C11H22N2O3S/c1-9(2)12-10(11(14)15)3-4-13-5-7-17(16)8-6-13/h9-10,12H,3-8H2,1-2H3,(H,14,15). The highest BCUT2D eigenvalue weighted by atomic mass is 32.2. The van der Waals surface area contributed by atoms with Crippen molar-refractivity contribution in [3.63, 3.8) is 0 Å². The summed E-state index contributed by atoms with van der Waals surface area (Å²) in [5.41, 5.74) is 0. The summed E-state index contributed by atoms with van der Waals surface area (Å²) in [5.74, 6) is 0.643. The molecule has 6 heteroatoms. The summed E-state index contributed by atoms with van der Waals surface area (Å²) in [6.07, 6.45) is 0.597. The zero-order valence-electron chi connectivity index (χ0n) is 10.5. The van der Waals surface area contributed by atoms with Crippen molar-refractivity contribution >= 4 is 16.8 Å². The van der Waals surface area contributed by atoms with Gasteiger partial charge in [-0.1, -0.05) is 13.8 Å². The lowest BCUT2D eigenvalue weighted by molar-refractivity contribution is -0.139. The molecule has 1 atom stereocenters. The lowest BCUT2D eigenvalue weighted by Gasteiger charge is -2.27. The minimum atomic E-state index is -0.792. The van der Waals surface area contributed by atoms with Crippen LogP contribution in [0.15, 0.2) is 0 Å². The number of rotatable bonds is 6. The van der Waals surface area contributed by atoms with E-state index in [0.29, 0.717) is 6.42 Å². The molecule has 1 aliphatic heterocycles. The first-order valence-electron chi connectivity index (χ1n) is 6.05. The molecule has 0 spiro atoms. The van der Waals surface area contributed by atoms with Crippen LogP contribution < -0.4 is 5.32 Å². The van der Waals surface area contributed by atoms with Crippen LogP contribution in [0.3, 0.4) is 0 Å². The molecule has 0 radical (unpaired) electrons. The highest BCUT2D eigenvalue weighted by Crippen LogP contribution is 2.03. The molecule has 1 rings (SSSR count). The molecule has 1 heterocycles. The van der Waals surface area contributed by atoms with Gasteiger partial charge in [0.15, 0.2) is 0 Å². The van der Waals surface area contributed by atoms with Crippen molar-refractivity contribution in [1.82, 2.24) is 10.2 Å². The summed E-state index contributed by atoms with van der Waals surface area (Å²) in [4.78, 5) is 13.2. The van der Waals surface area contributed by atoms with Crippen LogP contribution in [0.1, 0.15) is 20.3 Å². The first kappa shape index (κ1) is 14.6. The first-order valence-corrected chi connectivity index (χ1v) is 7.54. The maximum Gasteiger partial charge on any atom is 0.320 e. The highest BCUT2D eigenvalue weighted by Gasteiger charge is 2.21. The van der Waals surface area contributed by atoms with Gasteiger partial charge in [-0.3, -0.25) is 9.00 Å². The molecule has 0 aliphatic carbocycles. The van der Waals surface area contributed by atoms with E-state index < -0.39 is 22.8 Å². The predicted molar refractivity (Wildman–Crippen MR) is 68.6 cm³/mol. The smallest absolute Gasteiger partial charge is 0.320 e. The third kappa shape index (κ3) is 5.61. The maximum absolute atomic E-state index is 11.2. The van der Waals surface area contributed by atoms with Gasteiger partial charge in [-0.15, -0.1) is 0 Å². The monoisotopic (exact) mass is 262 g/mol. The van der Waals surface area contributed by atoms with Crippen LogP contribution in [0, 0.1) is 0 Å². The lowest BCUT2D eigenvalue weighted by Crippen LogP contribution is -2.45. The fraction of sp³-hybridized carbons (Fsp3) is 0.909. The molecule has 1 saturated heterocycles. The van der Waals surface area contributed by atoms with E-state index in [9.17, 15) is 9.00 Å². The Balaban J connectivity index is 2.31. The third-order valence-electron chi connectivity index (χ3n) is 2.84. The maximum atomic E-state index is 11.2. The Hall–Kier alpha value is -0.460. The molecule has 2 N–H and O–H groups in total. The molecular formula is C11H22N2O3S. The van der Waals surface area contributed by atoms with E-state index in [-0.39, 0.29) is 6.04 Å². The topological polar surface area (TPSA) is 69.6 Å². The zero-order valence-corrected chi connectivity index (χ0v) is 11.3. The summed E-state index contributed by atoms with van der Waals surface area (Å²) >= 11 is 0. The van der Waals surface area contributed by atoms with E-state index in [1.165, 1.54) is 0 Å². The normalized spacial score (nSPS) is 20.6. The van der Waals surface area contributed by atoms with Crippen molar-refractivity contribution < 1.29 is 14.1 Å². The molecule has 1 fully saturated rings. The van der Waals surface area contributed by atoms with Gasteiger partial charge in [0, 0.05) is 48.0 Å². The summed E-state index contributed by atoms with van der Waals surface area (Å²) in [5, 5.41) is 12.1. The minimum absolute atomic E-state index is 0.171. The van der Waals surface area contributed by atoms with Crippen LogP contribution in [0.4, 0.5) is 0 Å². The van der Waals surface area contributed by atoms with E-state index in [1.54, 1.807) is 0 Å². The quantitative estimate of drug-likeness (QED) is 0.699. The molecule has 17 heavy (non-hydrogen) atoms. The molecule has 1 unspecified atom stereocenters. The number of carboxylic acid groups (broad SMARTS) is 1. The Bertz CT molecular complexity index is 274. The number of hydrogen-bond donors (Lipinski definition) is 2. The van der Waals surface area contributed by atoms with Crippen LogP contribution in [-0.4, -0.2) is 63.4 Å². The van der Waals surface area contributed by atoms with Crippen LogP contribution in [0.25, 0.3) is 0 Å². The second kappa shape index (κ2) is 7.08. The van der Waals surface area contributed by atoms with Crippen molar-refractivity contribution in [2.24, 2.45) is 0 Å². The van der Waals surface area contributed by atoms with Crippen LogP contribution >= 0.6 is 0 Å². The number of hydrogen-bond acceptors (Lipinski definition) is 4. The highest BCUT2D eigenvalue weighted by molar-refractivity contribution is 7.85. The Morgan fingerprint density at radius 3 is 2.47 bits per heavy atom. The largest absolute Gasteiger partial charge is 0.480 e. The SMILES string of the molecule is CC(C)NC(CCN1CCS(=O)CC1)C(=O)O. The molecule has 0 aromatic carbocycles. The Labute approximate surface area is 105 Å². The fourth-order valence-electron chi connectivity index (χ4n) is 1.89. The third-order valence-corrected chi connectivity index (χ3v) is 4.11. The van der Waals surface area contributed by atoms with Crippen LogP contribution in [0.2, 0.25) is 0 Å². The van der Waals surface area contributed by atoms with E-state index in [1.807, 2.05) is 13.8 Å². The van der Waals surface area contributed by atoms with Crippen LogP contribution in [-0.2, 0) is 15.6 Å². The van der Waals surface area contributed by atoms with Gasteiger partial charge in [-0.25, -0.2) is 0 Å². The van der Waals surface area contributed by atoms with E-state index in [2.05, 4.69) is 10.2 Å². The Morgan fingerprint density at radius 1 is 1.41 bits per heavy atom. The van der Waals surface area contributed by atoms with Crippen molar-refractivity contribution in [2.75, 3.05) is 31.1 Å². The summed E-state index contributed by atoms with van der Waals surface area (Å²) in [6.45, 7) is 6.29. The predicted octanol–water partition coefficient (Wildman–Crippen LogP) is -0.108. The van der Waals surface area contributed by atoms with Crippen molar-refractivity contribution in [3.05, 3.63) is 0 Å². The molecule has 0 aromatic rings. The van der Waals surface area contributed by atoms with Crippen LogP contribution in [0.5, 0.6) is 0 Å². The van der Waals surface area contributed by atoms with Gasteiger partial charge in [0.2, 0.25) is 0 Å². The molecule has 5 nitrogen and oxygen atoms in total. The van der Waals surface area contributed by atoms with Crippen molar-refractivity contribution in [1.29, 1.82) is 0 Å². The van der Waals surface area contributed by atoms with Gasteiger partial charge in [-0.05, 0) is 6.42 Å². The second-order valence-electron chi connectivity index (χ2n) is 4.69. The molecular weight excluding hydrogens is 240 g/mol. The van der Waals surface area contributed by atoms with Crippen molar-refractivity contribution in [2.45, 2.75) is 32.4 Å². The van der Waals surface area contributed by atoms with Crippen molar-refractivity contribution in [3.8, 4) is 0 Å². The second-order valence-corrected chi connectivity index (χ2v) is 6.39. The Morgan fingerprint density at radius 2 is 2.00 bits per heavy atom. The van der Waals surface area contributed by atoms with Gasteiger partial charge in [-0.2, -0.15) is 0 Å². The average molecular weight is 262 g/mol. The minimum Gasteiger partial charge on any atom is -0.480 e. The van der Waals surface area contributed by atoms with E-state index in [4.69, 9.17) is 5.11 Å². The fourth-order valence-corrected chi connectivity index (χ4v) is 3.02. The first-order chi connectivity index (χ1) is 7.99. The summed E-state index contributed by atoms with van der Waals surface area (Å²) in [6, 6.07) is -0.313. The lowest BCUT2D eigenvalue weighted by atomic mass is 10.1. The Kier molecular flexibility index (Phi) is 6.08. The van der Waals surface area contributed by atoms with Gasteiger partial charge in [0.05, 0.1) is 0 Å². The van der Waals surface area contributed by atoms with Gasteiger partial charge < -0.3 is 15.3 Å². The molecule has 100 valence electrons. The molecule has 0 amide bonds. The number of nitrogens with zero attached hydrogens (tertiary/aromatic N) is 1. The van der Waals surface area contributed by atoms with Gasteiger partial charge in [0.1, 0.15) is 6.04 Å². The number of aliphatic carboxylic acids is 1. The summed E-state index contributed by atoms with van der Waals surface area (Å²) < 4.78 is 11.2. The number of nitrogens with one attached hydrogen (secondary N) is 1. The molecule has 0 saturated carbocycles. The summed E-state index contributed by atoms with van der Waals surface area (Å²) in [7, 11) is -0.667. The molecule has 0 bridgehead atoms. The van der Waals surface area contributed by atoms with Gasteiger partial charge in [0.25, 0.3) is 0 Å². The zero-order chi connectivity index (χ0) is 12.8. The average Bonchev–Trinajstić information content (AvgIpc) is 2.25. The van der Waals surface area contributed by atoms with E-state index >= 15 is 0 Å². The number of carboxylic acids is 1. The van der Waals surface area contributed by atoms with E-state index in [0.717, 1.165) is 31.1 Å².